The highest BCUT2D eigenvalue weighted by Gasteiger charge is 2.14. The van der Waals surface area contributed by atoms with Gasteiger partial charge in [0.2, 0.25) is 0 Å². The van der Waals surface area contributed by atoms with Gasteiger partial charge in [-0.15, -0.1) is 0 Å². The van der Waals surface area contributed by atoms with E-state index in [1.807, 2.05) is 17.8 Å². The summed E-state index contributed by atoms with van der Waals surface area (Å²) < 4.78 is 27.5. The lowest BCUT2D eigenvalue weighted by Gasteiger charge is -2.14. The van der Waals surface area contributed by atoms with Gasteiger partial charge in [-0.25, -0.2) is 9.37 Å². The molecule has 2 heterocycles. The van der Waals surface area contributed by atoms with Crippen molar-refractivity contribution in [2.24, 2.45) is 7.05 Å². The number of nitrogens with one attached hydrogen (secondary N) is 1. The molecule has 2 aromatic heterocycles. The van der Waals surface area contributed by atoms with E-state index >= 15 is 0 Å². The third-order valence-electron chi connectivity index (χ3n) is 4.76. The summed E-state index contributed by atoms with van der Waals surface area (Å²) in [5.41, 5.74) is 1.62. The number of anilines is 2. The average molecular weight is 409 g/mol. The maximum Gasteiger partial charge on any atom is 0.164 e. The molecule has 0 unspecified atom stereocenters. The highest BCUT2D eigenvalue weighted by Crippen LogP contribution is 2.36. The zero-order valence-corrected chi connectivity index (χ0v) is 16.7. The first-order valence-corrected chi connectivity index (χ1v) is 9.15. The molecule has 0 aliphatic rings. The summed E-state index contributed by atoms with van der Waals surface area (Å²) >= 11 is 0. The van der Waals surface area contributed by atoms with E-state index in [9.17, 15) is 9.50 Å². The van der Waals surface area contributed by atoms with Crippen molar-refractivity contribution in [1.29, 1.82) is 0 Å². The minimum Gasteiger partial charge on any atom is -0.508 e. The number of phenols is 1. The number of aryl methyl sites for hydroxylation is 2. The molecule has 0 aliphatic carbocycles. The van der Waals surface area contributed by atoms with Crippen LogP contribution < -0.4 is 14.8 Å². The maximum absolute atomic E-state index is 14.3. The lowest BCUT2D eigenvalue weighted by Crippen LogP contribution is -2.04. The Morgan fingerprint density at radius 3 is 2.73 bits per heavy atom. The van der Waals surface area contributed by atoms with Crippen molar-refractivity contribution in [3.63, 3.8) is 0 Å². The monoisotopic (exact) mass is 409 g/mol. The molecular formula is C21H20FN5O3. The van der Waals surface area contributed by atoms with Crippen molar-refractivity contribution in [2.75, 3.05) is 12.4 Å². The number of benzene rings is 2. The summed E-state index contributed by atoms with van der Waals surface area (Å²) in [6.07, 6.45) is 5.01. The number of rotatable bonds is 6. The number of hydrogen-bond donors (Lipinski definition) is 2. The molecule has 2 N–H and O–H groups in total. The van der Waals surface area contributed by atoms with Gasteiger partial charge in [-0.05, 0) is 24.6 Å². The van der Waals surface area contributed by atoms with Crippen LogP contribution in [-0.4, -0.2) is 32.0 Å². The average Bonchev–Trinajstić information content (AvgIpc) is 3.14. The molecule has 0 amide bonds. The van der Waals surface area contributed by atoms with Crippen LogP contribution in [0.25, 0.3) is 10.9 Å². The Kier molecular flexibility index (Phi) is 5.09. The zero-order chi connectivity index (χ0) is 21.3. The lowest BCUT2D eigenvalue weighted by molar-refractivity contribution is 0.273. The number of phenolic OH excluding ortho intramolecular Hbond substituents is 1. The van der Waals surface area contributed by atoms with Gasteiger partial charge in [0.25, 0.3) is 0 Å². The van der Waals surface area contributed by atoms with Gasteiger partial charge < -0.3 is 24.5 Å². The molecule has 0 saturated heterocycles. The number of hydrogen-bond acceptors (Lipinski definition) is 7. The Hall–Kier alpha value is -3.88. The Labute approximate surface area is 171 Å². The lowest BCUT2D eigenvalue weighted by atomic mass is 10.1. The minimum absolute atomic E-state index is 0.00669. The molecule has 0 aliphatic heterocycles. The number of ether oxygens (including phenoxy) is 2. The van der Waals surface area contributed by atoms with Gasteiger partial charge >= 0.3 is 0 Å². The Balaban J connectivity index is 1.69. The molecule has 154 valence electrons. The van der Waals surface area contributed by atoms with E-state index in [0.29, 0.717) is 33.7 Å². The molecular weight excluding hydrogens is 389 g/mol. The van der Waals surface area contributed by atoms with Crippen molar-refractivity contribution >= 4 is 22.3 Å². The Bertz CT molecular complexity index is 1220. The quantitative estimate of drug-likeness (QED) is 0.500. The molecule has 0 spiro atoms. The van der Waals surface area contributed by atoms with Gasteiger partial charge in [-0.1, -0.05) is 0 Å². The van der Waals surface area contributed by atoms with Crippen LogP contribution in [-0.2, 0) is 13.7 Å². The molecule has 30 heavy (non-hydrogen) atoms. The Morgan fingerprint density at radius 1 is 1.17 bits per heavy atom. The van der Waals surface area contributed by atoms with Crippen molar-refractivity contribution in [2.45, 2.75) is 13.5 Å². The summed E-state index contributed by atoms with van der Waals surface area (Å²) in [7, 11) is 3.42. The summed E-state index contributed by atoms with van der Waals surface area (Å²) in [5.74, 6) is 1.23. The molecule has 0 saturated carbocycles. The molecule has 9 heteroatoms. The van der Waals surface area contributed by atoms with Gasteiger partial charge in [0, 0.05) is 37.0 Å². The maximum atomic E-state index is 14.3. The highest BCUT2D eigenvalue weighted by molar-refractivity contribution is 5.94. The molecule has 2 aromatic carbocycles. The van der Waals surface area contributed by atoms with Crippen molar-refractivity contribution in [3.05, 3.63) is 60.1 Å². The van der Waals surface area contributed by atoms with Crippen LogP contribution in [0.5, 0.6) is 17.2 Å². The first kappa shape index (κ1) is 19.4. The van der Waals surface area contributed by atoms with Crippen LogP contribution in [0, 0.1) is 12.7 Å². The number of halogens is 1. The fraction of sp³-hybridized carbons (Fsp3) is 0.190. The molecule has 8 nitrogen and oxygen atoms in total. The molecule has 0 radical (unpaired) electrons. The van der Waals surface area contributed by atoms with Crippen molar-refractivity contribution in [3.8, 4) is 17.2 Å². The zero-order valence-electron chi connectivity index (χ0n) is 16.7. The van der Waals surface area contributed by atoms with E-state index < -0.39 is 5.82 Å². The first-order chi connectivity index (χ1) is 14.5. The smallest absolute Gasteiger partial charge is 0.164 e. The third-order valence-corrected chi connectivity index (χ3v) is 4.76. The van der Waals surface area contributed by atoms with Gasteiger partial charge in [-0.3, -0.25) is 0 Å². The number of imidazole rings is 1. The topological polar surface area (TPSA) is 94.3 Å². The van der Waals surface area contributed by atoms with Crippen LogP contribution in [0.1, 0.15) is 11.4 Å². The summed E-state index contributed by atoms with van der Waals surface area (Å²) in [4.78, 5) is 4.23. The number of nitrogens with zero attached hydrogens (tertiary/aromatic N) is 4. The third kappa shape index (κ3) is 3.69. The van der Waals surface area contributed by atoms with Crippen LogP contribution in [0.2, 0.25) is 0 Å². The minimum atomic E-state index is -0.489. The largest absolute Gasteiger partial charge is 0.508 e. The van der Waals surface area contributed by atoms with Crippen molar-refractivity contribution < 1.29 is 19.0 Å². The Morgan fingerprint density at radius 2 is 2.00 bits per heavy atom. The van der Waals surface area contributed by atoms with E-state index in [1.165, 1.54) is 25.4 Å². The predicted molar refractivity (Wildman–Crippen MR) is 110 cm³/mol. The van der Waals surface area contributed by atoms with Crippen LogP contribution in [0.15, 0.2) is 42.9 Å². The van der Waals surface area contributed by atoms with Gasteiger partial charge in [0.05, 0.1) is 30.2 Å². The molecule has 4 rings (SSSR count). The normalized spacial score (nSPS) is 10.9. The molecule has 0 atom stereocenters. The van der Waals surface area contributed by atoms with Gasteiger partial charge in [0.1, 0.15) is 24.0 Å². The number of aromatic hydroxyl groups is 1. The fourth-order valence-corrected chi connectivity index (χ4v) is 3.02. The van der Waals surface area contributed by atoms with Gasteiger partial charge in [0.15, 0.2) is 11.5 Å². The molecule has 0 fully saturated rings. The first-order valence-electron chi connectivity index (χ1n) is 9.15. The second-order valence-corrected chi connectivity index (χ2v) is 6.77. The number of aromatic nitrogens is 4. The SMILES string of the molecule is COc1cc2c(Nc3cc(O)c(C)cc3F)cnnc2cc1OCc1nccn1C. The van der Waals surface area contributed by atoms with Crippen LogP contribution >= 0.6 is 0 Å². The predicted octanol–water partition coefficient (Wildman–Crippen LogP) is 3.85. The summed E-state index contributed by atoms with van der Waals surface area (Å²) in [6.45, 7) is 1.88. The van der Waals surface area contributed by atoms with Gasteiger partial charge in [-0.2, -0.15) is 10.2 Å². The standard InChI is InChI=1S/C21H20FN5O3/c1-12-6-14(22)16(8-18(12)28)25-17-10-24-26-15-9-20(19(29-3)7-13(15)17)30-11-21-23-4-5-27(21)2/h4-10,28H,11H2,1-3H3,(H,25,26). The second-order valence-electron chi connectivity index (χ2n) is 6.77. The van der Waals surface area contributed by atoms with E-state index in [0.717, 1.165) is 5.82 Å². The van der Waals surface area contributed by atoms with Crippen LogP contribution in [0.4, 0.5) is 15.8 Å². The summed E-state index contributed by atoms with van der Waals surface area (Å²) in [5, 5.41) is 21.7. The molecule has 0 bridgehead atoms. The number of fused-ring (bicyclic) bond motifs is 1. The fourth-order valence-electron chi connectivity index (χ4n) is 3.02. The summed E-state index contributed by atoms with van der Waals surface area (Å²) in [6, 6.07) is 6.04. The van der Waals surface area contributed by atoms with E-state index in [2.05, 4.69) is 20.5 Å². The van der Waals surface area contributed by atoms with E-state index in [-0.39, 0.29) is 18.0 Å². The highest BCUT2D eigenvalue weighted by atomic mass is 19.1. The second kappa shape index (κ2) is 7.86. The van der Waals surface area contributed by atoms with Crippen LogP contribution in [0.3, 0.4) is 0 Å². The van der Waals surface area contributed by atoms with E-state index in [4.69, 9.17) is 9.47 Å². The molecule has 4 aromatic rings. The van der Waals surface area contributed by atoms with E-state index in [1.54, 1.807) is 25.3 Å². The van der Waals surface area contributed by atoms with Crippen molar-refractivity contribution in [1.82, 2.24) is 19.7 Å². The number of methoxy groups -OCH3 is 1.